The van der Waals surface area contributed by atoms with Crippen molar-refractivity contribution in [3.63, 3.8) is 0 Å². The van der Waals surface area contributed by atoms with E-state index in [1.165, 1.54) is 0 Å². The summed E-state index contributed by atoms with van der Waals surface area (Å²) in [6.45, 7) is 0. The maximum atomic E-state index is 5.82. The van der Waals surface area contributed by atoms with Crippen LogP contribution in [-0.4, -0.2) is 0 Å². The number of hydrogen-bond acceptors (Lipinski definition) is 5. The van der Waals surface area contributed by atoms with Crippen molar-refractivity contribution < 1.29 is 4.74 Å². The molecule has 0 saturated carbocycles. The number of anilines is 6. The summed E-state index contributed by atoms with van der Waals surface area (Å²) in [4.78, 5) is 0. The first-order chi connectivity index (χ1) is 14.1. The zero-order valence-electron chi connectivity index (χ0n) is 15.8. The number of rotatable bonds is 6. The van der Waals surface area contributed by atoms with Crippen molar-refractivity contribution in [3.8, 4) is 11.5 Å². The molecular weight excluding hydrogens is 360 g/mol. The molecule has 0 saturated heterocycles. The van der Waals surface area contributed by atoms with E-state index in [4.69, 9.17) is 16.2 Å². The van der Waals surface area contributed by atoms with Crippen molar-refractivity contribution in [2.75, 3.05) is 22.1 Å². The van der Waals surface area contributed by atoms with Gasteiger partial charge in [0, 0.05) is 46.3 Å². The molecule has 0 amide bonds. The molecule has 0 radical (unpaired) electrons. The lowest BCUT2D eigenvalue weighted by Crippen LogP contribution is -1.94. The first kappa shape index (κ1) is 18.3. The second-order valence-corrected chi connectivity index (χ2v) is 6.66. The molecule has 0 aliphatic carbocycles. The summed E-state index contributed by atoms with van der Waals surface area (Å²) in [6.07, 6.45) is 0. The van der Waals surface area contributed by atoms with Crippen LogP contribution in [0.4, 0.5) is 34.1 Å². The van der Waals surface area contributed by atoms with E-state index in [0.29, 0.717) is 22.9 Å². The number of nitrogen functional groups attached to an aromatic ring is 2. The average Bonchev–Trinajstić information content (AvgIpc) is 2.71. The van der Waals surface area contributed by atoms with Crippen LogP contribution in [0.2, 0.25) is 0 Å². The minimum absolute atomic E-state index is 0.573. The zero-order chi connectivity index (χ0) is 20.1. The molecule has 6 N–H and O–H groups in total. The van der Waals surface area contributed by atoms with Gasteiger partial charge in [-0.1, -0.05) is 18.2 Å². The van der Waals surface area contributed by atoms with E-state index >= 15 is 0 Å². The van der Waals surface area contributed by atoms with Crippen LogP contribution < -0.4 is 26.8 Å². The van der Waals surface area contributed by atoms with E-state index < -0.39 is 0 Å². The summed E-state index contributed by atoms with van der Waals surface area (Å²) in [5.74, 6) is 1.33. The van der Waals surface area contributed by atoms with Gasteiger partial charge in [-0.2, -0.15) is 0 Å². The third kappa shape index (κ3) is 4.99. The highest BCUT2D eigenvalue weighted by atomic mass is 16.5. The van der Waals surface area contributed by atoms with E-state index in [0.717, 1.165) is 22.7 Å². The van der Waals surface area contributed by atoms with E-state index in [-0.39, 0.29) is 0 Å². The van der Waals surface area contributed by atoms with Crippen molar-refractivity contribution in [1.29, 1.82) is 0 Å². The van der Waals surface area contributed by atoms with Gasteiger partial charge in [0.15, 0.2) is 0 Å². The number of ether oxygens (including phenoxy) is 1. The molecule has 0 aliphatic heterocycles. The Hall–Kier alpha value is -4.12. The molecular formula is C24H22N4O. The van der Waals surface area contributed by atoms with Crippen molar-refractivity contribution in [1.82, 2.24) is 0 Å². The largest absolute Gasteiger partial charge is 0.457 e. The molecule has 0 fully saturated rings. The molecule has 0 unspecified atom stereocenters. The summed E-state index contributed by atoms with van der Waals surface area (Å²) in [7, 11) is 0. The van der Waals surface area contributed by atoms with Gasteiger partial charge in [0.2, 0.25) is 0 Å². The fourth-order valence-corrected chi connectivity index (χ4v) is 2.94. The molecule has 0 aliphatic rings. The van der Waals surface area contributed by atoms with Crippen LogP contribution in [0.15, 0.2) is 97.1 Å². The maximum Gasteiger partial charge on any atom is 0.131 e. The highest BCUT2D eigenvalue weighted by Crippen LogP contribution is 2.28. The fourth-order valence-electron chi connectivity index (χ4n) is 2.94. The van der Waals surface area contributed by atoms with Crippen LogP contribution in [0.5, 0.6) is 11.5 Å². The van der Waals surface area contributed by atoms with Gasteiger partial charge < -0.3 is 26.8 Å². The molecule has 4 rings (SSSR count). The molecule has 5 heteroatoms. The van der Waals surface area contributed by atoms with E-state index in [1.807, 2.05) is 78.9 Å². The average molecular weight is 382 g/mol. The third-order valence-electron chi connectivity index (χ3n) is 4.28. The Labute approximate surface area is 169 Å². The van der Waals surface area contributed by atoms with Crippen LogP contribution in [-0.2, 0) is 0 Å². The molecule has 0 bridgehead atoms. The molecule has 4 aromatic carbocycles. The lowest BCUT2D eigenvalue weighted by molar-refractivity contribution is 0.483. The Morgan fingerprint density at radius 2 is 0.931 bits per heavy atom. The Bertz CT molecular complexity index is 1060. The minimum Gasteiger partial charge on any atom is -0.457 e. The van der Waals surface area contributed by atoms with Gasteiger partial charge >= 0.3 is 0 Å². The minimum atomic E-state index is 0.573. The first-order valence-electron chi connectivity index (χ1n) is 9.27. The number of nitrogens with one attached hydrogen (secondary N) is 2. The topological polar surface area (TPSA) is 85.3 Å². The Morgan fingerprint density at radius 1 is 0.483 bits per heavy atom. The Kier molecular flexibility index (Phi) is 5.21. The van der Waals surface area contributed by atoms with Crippen molar-refractivity contribution >= 4 is 34.1 Å². The predicted molar refractivity (Wildman–Crippen MR) is 121 cm³/mol. The quantitative estimate of drug-likeness (QED) is 0.301. The molecule has 0 heterocycles. The summed E-state index contributed by atoms with van der Waals surface area (Å²) in [6, 6.07) is 31.1. The first-order valence-corrected chi connectivity index (χ1v) is 9.27. The summed E-state index contributed by atoms with van der Waals surface area (Å²) >= 11 is 0. The Balaban J connectivity index is 1.38. The standard InChI is InChI=1S/C24H22N4O/c25-17-14-18(26)16-24(15-17)29-23-12-10-22(11-13-23)28-21-8-6-20(7-9-21)27-19-4-2-1-3-5-19/h1-16,27-28H,25-26H2. The molecule has 5 nitrogen and oxygen atoms in total. The van der Waals surface area contributed by atoms with Gasteiger partial charge in [-0.3, -0.25) is 0 Å². The van der Waals surface area contributed by atoms with Gasteiger partial charge in [-0.25, -0.2) is 0 Å². The number of benzene rings is 4. The smallest absolute Gasteiger partial charge is 0.131 e. The van der Waals surface area contributed by atoms with Crippen LogP contribution in [0.3, 0.4) is 0 Å². The lowest BCUT2D eigenvalue weighted by atomic mass is 10.2. The van der Waals surface area contributed by atoms with Crippen molar-refractivity contribution in [2.45, 2.75) is 0 Å². The fraction of sp³-hybridized carbons (Fsp3) is 0. The third-order valence-corrected chi connectivity index (χ3v) is 4.28. The van der Waals surface area contributed by atoms with Crippen LogP contribution >= 0.6 is 0 Å². The predicted octanol–water partition coefficient (Wildman–Crippen LogP) is 6.13. The van der Waals surface area contributed by atoms with Crippen LogP contribution in [0.1, 0.15) is 0 Å². The maximum absolute atomic E-state index is 5.82. The highest BCUT2D eigenvalue weighted by Gasteiger charge is 2.02. The van der Waals surface area contributed by atoms with Crippen LogP contribution in [0.25, 0.3) is 0 Å². The molecule has 4 aromatic rings. The lowest BCUT2D eigenvalue weighted by Gasteiger charge is -2.11. The monoisotopic (exact) mass is 382 g/mol. The number of nitrogens with two attached hydrogens (primary N) is 2. The number of hydrogen-bond donors (Lipinski definition) is 4. The normalized spacial score (nSPS) is 10.3. The molecule has 144 valence electrons. The van der Waals surface area contributed by atoms with Gasteiger partial charge in [-0.15, -0.1) is 0 Å². The second-order valence-electron chi connectivity index (χ2n) is 6.66. The summed E-state index contributed by atoms with van der Waals surface area (Å²) < 4.78 is 5.82. The molecule has 0 aromatic heterocycles. The highest BCUT2D eigenvalue weighted by molar-refractivity contribution is 5.66. The van der Waals surface area contributed by atoms with Gasteiger partial charge in [0.25, 0.3) is 0 Å². The summed E-state index contributed by atoms with van der Waals surface area (Å²) in [5.41, 5.74) is 16.8. The van der Waals surface area contributed by atoms with E-state index in [1.54, 1.807) is 18.2 Å². The molecule has 29 heavy (non-hydrogen) atoms. The van der Waals surface area contributed by atoms with Crippen LogP contribution in [0, 0.1) is 0 Å². The van der Waals surface area contributed by atoms with E-state index in [9.17, 15) is 0 Å². The van der Waals surface area contributed by atoms with Gasteiger partial charge in [-0.05, 0) is 66.7 Å². The van der Waals surface area contributed by atoms with Gasteiger partial charge in [0.1, 0.15) is 11.5 Å². The summed E-state index contributed by atoms with van der Waals surface area (Å²) in [5, 5.41) is 6.75. The molecule has 0 spiro atoms. The van der Waals surface area contributed by atoms with E-state index in [2.05, 4.69) is 10.6 Å². The second kappa shape index (κ2) is 8.27. The molecule has 0 atom stereocenters. The SMILES string of the molecule is Nc1cc(N)cc(Oc2ccc(Nc3ccc(Nc4ccccc4)cc3)cc2)c1. The Morgan fingerprint density at radius 3 is 1.45 bits per heavy atom. The van der Waals surface area contributed by atoms with Crippen molar-refractivity contribution in [3.05, 3.63) is 97.1 Å². The van der Waals surface area contributed by atoms with Crippen molar-refractivity contribution in [2.24, 2.45) is 0 Å². The van der Waals surface area contributed by atoms with Gasteiger partial charge in [0.05, 0.1) is 0 Å². The zero-order valence-corrected chi connectivity index (χ0v) is 15.8. The number of para-hydroxylation sites is 1.